The first-order valence-corrected chi connectivity index (χ1v) is 4.91. The number of anilines is 1. The van der Waals surface area contributed by atoms with E-state index in [-0.39, 0.29) is 0 Å². The average Bonchev–Trinajstić information content (AvgIpc) is 2.24. The molecule has 0 radical (unpaired) electrons. The lowest BCUT2D eigenvalue weighted by atomic mass is 10.0. The number of hydrogen-bond donors (Lipinski definition) is 1. The topological polar surface area (TPSA) is 35.2 Å². The van der Waals surface area contributed by atoms with Crippen LogP contribution in [0, 0.1) is 18.6 Å². The van der Waals surface area contributed by atoms with Crippen LogP contribution in [0.2, 0.25) is 0 Å². The highest BCUT2D eigenvalue weighted by Gasteiger charge is 2.17. The summed E-state index contributed by atoms with van der Waals surface area (Å²) in [5, 5.41) is 0.709. The third-order valence-electron chi connectivity index (χ3n) is 2.51. The van der Waals surface area contributed by atoms with Crippen LogP contribution >= 0.6 is 0 Å². The van der Waals surface area contributed by atoms with Gasteiger partial charge in [0.2, 0.25) is 12.7 Å². The van der Waals surface area contributed by atoms with E-state index in [2.05, 4.69) is 4.74 Å². The van der Waals surface area contributed by atoms with Crippen molar-refractivity contribution in [2.75, 3.05) is 12.6 Å². The molecule has 2 nitrogen and oxygen atoms in total. The van der Waals surface area contributed by atoms with E-state index in [1.807, 2.05) is 0 Å². The Morgan fingerprint density at radius 1 is 1.24 bits per heavy atom. The Kier molecular flexibility index (Phi) is 2.83. The molecule has 2 rings (SSSR count). The quantitative estimate of drug-likeness (QED) is 0.818. The molecule has 0 aliphatic heterocycles. The molecule has 2 aromatic carbocycles. The molecule has 0 saturated carbocycles. The van der Waals surface area contributed by atoms with Gasteiger partial charge >= 0.3 is 0 Å². The maximum absolute atomic E-state index is 13.5. The third kappa shape index (κ3) is 1.88. The van der Waals surface area contributed by atoms with Gasteiger partial charge in [0.15, 0.2) is 11.6 Å². The van der Waals surface area contributed by atoms with Crippen molar-refractivity contribution in [3.63, 3.8) is 0 Å². The Bertz CT molecular complexity index is 584. The predicted octanol–water partition coefficient (Wildman–Crippen LogP) is 3.31. The van der Waals surface area contributed by atoms with Crippen molar-refractivity contribution in [2.24, 2.45) is 0 Å². The number of nitrogens with two attached hydrogens (primary N) is 1. The second kappa shape index (κ2) is 4.16. The van der Waals surface area contributed by atoms with Crippen LogP contribution in [-0.4, -0.2) is 6.86 Å². The van der Waals surface area contributed by atoms with E-state index in [1.165, 1.54) is 6.07 Å². The van der Waals surface area contributed by atoms with Crippen molar-refractivity contribution in [3.05, 3.63) is 35.4 Å². The molecule has 90 valence electrons. The second-order valence-electron chi connectivity index (χ2n) is 3.69. The largest absolute Gasteiger partial charge is 0.459 e. The Balaban J connectivity index is 2.87. The van der Waals surface area contributed by atoms with Crippen LogP contribution < -0.4 is 10.5 Å². The molecule has 0 bridgehead atoms. The van der Waals surface area contributed by atoms with E-state index < -0.39 is 24.2 Å². The highest BCUT2D eigenvalue weighted by atomic mass is 19.2. The number of hydrogen-bond acceptors (Lipinski definition) is 2. The number of halogens is 3. The second-order valence-corrected chi connectivity index (χ2v) is 3.69. The van der Waals surface area contributed by atoms with Gasteiger partial charge in [-0.05, 0) is 36.1 Å². The number of nitrogen functional groups attached to an aromatic ring is 1. The zero-order valence-corrected chi connectivity index (χ0v) is 9.06. The molecule has 0 unspecified atom stereocenters. The van der Waals surface area contributed by atoms with E-state index in [4.69, 9.17) is 5.73 Å². The molecule has 17 heavy (non-hydrogen) atoms. The summed E-state index contributed by atoms with van der Waals surface area (Å²) in [5.41, 5.74) is 6.63. The first-order chi connectivity index (χ1) is 8.04. The van der Waals surface area contributed by atoms with E-state index >= 15 is 0 Å². The summed E-state index contributed by atoms with van der Waals surface area (Å²) in [6, 6.07) is 4.08. The number of fused-ring (bicyclic) bond motifs is 1. The van der Waals surface area contributed by atoms with Crippen LogP contribution in [0.4, 0.5) is 18.9 Å². The molecule has 0 spiro atoms. The van der Waals surface area contributed by atoms with Crippen molar-refractivity contribution in [3.8, 4) is 5.75 Å². The fourth-order valence-electron chi connectivity index (χ4n) is 1.88. The van der Waals surface area contributed by atoms with Crippen LogP contribution in [0.5, 0.6) is 5.75 Å². The summed E-state index contributed by atoms with van der Waals surface area (Å²) < 4.78 is 43.5. The molecule has 0 aliphatic rings. The van der Waals surface area contributed by atoms with Gasteiger partial charge in [-0.2, -0.15) is 4.39 Å². The smallest absolute Gasteiger partial charge is 0.228 e. The van der Waals surface area contributed by atoms with Crippen molar-refractivity contribution < 1.29 is 17.9 Å². The number of benzene rings is 2. The van der Waals surface area contributed by atoms with Crippen molar-refractivity contribution in [2.45, 2.75) is 6.92 Å². The fourth-order valence-corrected chi connectivity index (χ4v) is 1.88. The van der Waals surface area contributed by atoms with Crippen LogP contribution in [0.1, 0.15) is 5.56 Å². The van der Waals surface area contributed by atoms with Crippen LogP contribution in [0.3, 0.4) is 0 Å². The summed E-state index contributed by atoms with van der Waals surface area (Å²) in [6.45, 7) is 0.445. The van der Waals surface area contributed by atoms with E-state index in [1.54, 1.807) is 13.0 Å². The lowest BCUT2D eigenvalue weighted by Crippen LogP contribution is -1.99. The fraction of sp³-hybridized carbons (Fsp3) is 0.167. The summed E-state index contributed by atoms with van der Waals surface area (Å²) in [6.07, 6.45) is 0. The van der Waals surface area contributed by atoms with Crippen LogP contribution in [-0.2, 0) is 0 Å². The van der Waals surface area contributed by atoms with Crippen molar-refractivity contribution in [1.29, 1.82) is 0 Å². The maximum atomic E-state index is 13.5. The third-order valence-corrected chi connectivity index (χ3v) is 2.51. The Hall–Kier alpha value is -1.91. The lowest BCUT2D eigenvalue weighted by Gasteiger charge is -2.11. The van der Waals surface area contributed by atoms with Gasteiger partial charge in [-0.3, -0.25) is 0 Å². The van der Waals surface area contributed by atoms with Crippen molar-refractivity contribution >= 4 is 16.5 Å². The number of ether oxygens (including phenoxy) is 1. The Morgan fingerprint density at radius 2 is 1.94 bits per heavy atom. The normalized spacial score (nSPS) is 10.8. The van der Waals surface area contributed by atoms with Crippen LogP contribution in [0.15, 0.2) is 18.2 Å². The standard InChI is InChI=1S/C12H10F3NO/c1-6-2-8(16)3-7-4-9(14)11(15)12(10(6)7)17-5-13/h2-4H,5,16H2,1H3. The van der Waals surface area contributed by atoms with Crippen molar-refractivity contribution in [1.82, 2.24) is 0 Å². The molecule has 5 heteroatoms. The minimum absolute atomic E-state index is 0.329. The van der Waals surface area contributed by atoms with E-state index in [0.717, 1.165) is 6.07 Å². The molecule has 0 heterocycles. The summed E-state index contributed by atoms with van der Waals surface area (Å²) >= 11 is 0. The molecule has 2 aromatic rings. The Morgan fingerprint density at radius 3 is 2.59 bits per heavy atom. The molecular formula is C12H10F3NO. The molecule has 0 aliphatic carbocycles. The zero-order chi connectivity index (χ0) is 12.6. The summed E-state index contributed by atoms with van der Waals surface area (Å²) in [5.74, 6) is -2.70. The first kappa shape index (κ1) is 11.6. The van der Waals surface area contributed by atoms with Gasteiger partial charge in [0, 0.05) is 11.1 Å². The summed E-state index contributed by atoms with van der Waals surface area (Å²) in [7, 11) is 0. The number of rotatable bonds is 2. The van der Waals surface area contributed by atoms with Gasteiger partial charge in [0.05, 0.1) is 0 Å². The van der Waals surface area contributed by atoms with Gasteiger partial charge in [-0.1, -0.05) is 0 Å². The van der Waals surface area contributed by atoms with Gasteiger partial charge in [0.1, 0.15) is 0 Å². The van der Waals surface area contributed by atoms with Gasteiger partial charge in [-0.25, -0.2) is 8.78 Å². The molecule has 0 atom stereocenters. The molecule has 0 aromatic heterocycles. The maximum Gasteiger partial charge on any atom is 0.228 e. The lowest BCUT2D eigenvalue weighted by molar-refractivity contribution is 0.185. The molecule has 0 fully saturated rings. The SMILES string of the molecule is Cc1cc(N)cc2cc(F)c(F)c(OCF)c12. The minimum atomic E-state index is -1.22. The predicted molar refractivity (Wildman–Crippen MR) is 59.6 cm³/mol. The molecule has 0 saturated heterocycles. The average molecular weight is 241 g/mol. The van der Waals surface area contributed by atoms with Gasteiger partial charge in [0.25, 0.3) is 0 Å². The molecule has 0 amide bonds. The number of alkyl halides is 1. The highest BCUT2D eigenvalue weighted by molar-refractivity contribution is 5.93. The number of aryl methyl sites for hydroxylation is 1. The highest BCUT2D eigenvalue weighted by Crippen LogP contribution is 2.34. The van der Waals surface area contributed by atoms with E-state index in [9.17, 15) is 13.2 Å². The molecule has 2 N–H and O–H groups in total. The van der Waals surface area contributed by atoms with Gasteiger partial charge in [-0.15, -0.1) is 0 Å². The Labute approximate surface area is 95.8 Å². The first-order valence-electron chi connectivity index (χ1n) is 4.91. The summed E-state index contributed by atoms with van der Waals surface area (Å²) in [4.78, 5) is 0. The zero-order valence-electron chi connectivity index (χ0n) is 9.06. The van der Waals surface area contributed by atoms with E-state index in [0.29, 0.717) is 22.0 Å². The van der Waals surface area contributed by atoms with Gasteiger partial charge < -0.3 is 10.5 Å². The van der Waals surface area contributed by atoms with Crippen LogP contribution in [0.25, 0.3) is 10.8 Å². The minimum Gasteiger partial charge on any atom is -0.459 e. The monoisotopic (exact) mass is 241 g/mol. The molecular weight excluding hydrogens is 231 g/mol.